The molecule has 4 nitrogen and oxygen atoms in total. The molecule has 24 heavy (non-hydrogen) atoms. The van der Waals surface area contributed by atoms with Gasteiger partial charge in [-0.05, 0) is 44.2 Å². The van der Waals surface area contributed by atoms with Crippen LogP contribution in [-0.4, -0.2) is 35.5 Å². The van der Waals surface area contributed by atoms with Gasteiger partial charge in [-0.15, -0.1) is 12.4 Å². The topological polar surface area (TPSA) is 58.4 Å². The van der Waals surface area contributed by atoms with Crippen molar-refractivity contribution >= 4 is 18.3 Å². The molecule has 3 N–H and O–H groups in total. The number of carbonyl (C=O) groups excluding carboxylic acids is 1. The monoisotopic (exact) mass is 353 g/mol. The zero-order valence-corrected chi connectivity index (χ0v) is 16.0. The summed E-state index contributed by atoms with van der Waals surface area (Å²) >= 11 is 0. The van der Waals surface area contributed by atoms with Gasteiger partial charge < -0.3 is 11.1 Å². The molecular weight excluding hydrogens is 322 g/mol. The van der Waals surface area contributed by atoms with Gasteiger partial charge in [0.25, 0.3) is 0 Å². The van der Waals surface area contributed by atoms with Crippen LogP contribution in [0.4, 0.5) is 0 Å². The highest BCUT2D eigenvalue weighted by Crippen LogP contribution is 2.17. The van der Waals surface area contributed by atoms with Crippen LogP contribution in [0.1, 0.15) is 50.7 Å². The molecule has 1 aromatic carbocycles. The SMILES string of the molecule is CCCC(C)(N)C(=O)NC1CCN(Cc2ccccc2C)CC1.Cl. The third-order valence-corrected chi connectivity index (χ3v) is 4.87. The Hall–Kier alpha value is -1.10. The van der Waals surface area contributed by atoms with E-state index in [1.165, 1.54) is 11.1 Å². The number of rotatable bonds is 6. The van der Waals surface area contributed by atoms with Gasteiger partial charge in [0.2, 0.25) is 5.91 Å². The minimum atomic E-state index is -0.743. The number of hydrogen-bond acceptors (Lipinski definition) is 3. The molecule has 0 saturated carbocycles. The maximum atomic E-state index is 12.3. The van der Waals surface area contributed by atoms with Crippen molar-refractivity contribution in [1.29, 1.82) is 0 Å². The van der Waals surface area contributed by atoms with Crippen LogP contribution in [0.15, 0.2) is 24.3 Å². The van der Waals surface area contributed by atoms with E-state index < -0.39 is 5.54 Å². The highest BCUT2D eigenvalue weighted by atomic mass is 35.5. The van der Waals surface area contributed by atoms with E-state index in [1.54, 1.807) is 0 Å². The fraction of sp³-hybridized carbons (Fsp3) is 0.632. The summed E-state index contributed by atoms with van der Waals surface area (Å²) in [5, 5.41) is 3.15. The van der Waals surface area contributed by atoms with Gasteiger partial charge in [0, 0.05) is 25.7 Å². The number of amides is 1. The molecule has 1 amide bonds. The molecule has 0 spiro atoms. The highest BCUT2D eigenvalue weighted by molar-refractivity contribution is 5.86. The van der Waals surface area contributed by atoms with Crippen LogP contribution in [0.25, 0.3) is 0 Å². The van der Waals surface area contributed by atoms with Crippen molar-refractivity contribution in [2.75, 3.05) is 13.1 Å². The van der Waals surface area contributed by atoms with Crippen LogP contribution in [0.3, 0.4) is 0 Å². The Bertz CT molecular complexity index is 525. The fourth-order valence-corrected chi connectivity index (χ4v) is 3.25. The van der Waals surface area contributed by atoms with Crippen molar-refractivity contribution in [3.63, 3.8) is 0 Å². The lowest BCUT2D eigenvalue weighted by Gasteiger charge is -2.34. The Morgan fingerprint density at radius 1 is 1.33 bits per heavy atom. The molecule has 1 atom stereocenters. The number of nitrogens with two attached hydrogens (primary N) is 1. The minimum Gasteiger partial charge on any atom is -0.352 e. The summed E-state index contributed by atoms with van der Waals surface area (Å²) in [6.07, 6.45) is 3.65. The molecule has 1 unspecified atom stereocenters. The second kappa shape index (κ2) is 9.40. The average Bonchev–Trinajstić information content (AvgIpc) is 2.51. The predicted molar refractivity (Wildman–Crippen MR) is 102 cm³/mol. The van der Waals surface area contributed by atoms with Crippen LogP contribution in [-0.2, 0) is 11.3 Å². The van der Waals surface area contributed by atoms with Gasteiger partial charge in [-0.2, -0.15) is 0 Å². The van der Waals surface area contributed by atoms with Crippen molar-refractivity contribution in [2.24, 2.45) is 5.73 Å². The van der Waals surface area contributed by atoms with Crippen molar-refractivity contribution in [1.82, 2.24) is 10.2 Å². The Kier molecular flexibility index (Phi) is 8.20. The molecule has 2 rings (SSSR count). The van der Waals surface area contributed by atoms with E-state index in [9.17, 15) is 4.79 Å². The number of aryl methyl sites for hydroxylation is 1. The number of piperidine rings is 1. The second-order valence-corrected chi connectivity index (χ2v) is 7.12. The molecule has 0 radical (unpaired) electrons. The summed E-state index contributed by atoms with van der Waals surface area (Å²) in [5.74, 6) is -0.00305. The number of hydrogen-bond donors (Lipinski definition) is 2. The summed E-state index contributed by atoms with van der Waals surface area (Å²) in [6.45, 7) is 9.10. The van der Waals surface area contributed by atoms with E-state index in [0.717, 1.165) is 45.3 Å². The first kappa shape index (κ1) is 20.9. The molecule has 0 bridgehead atoms. The molecule has 1 saturated heterocycles. The third kappa shape index (κ3) is 5.76. The Morgan fingerprint density at radius 2 is 1.96 bits per heavy atom. The number of nitrogens with zero attached hydrogens (tertiary/aromatic N) is 1. The van der Waals surface area contributed by atoms with Crippen LogP contribution in [0.5, 0.6) is 0 Å². The van der Waals surface area contributed by atoms with Gasteiger partial charge in [0.1, 0.15) is 0 Å². The van der Waals surface area contributed by atoms with E-state index in [1.807, 2.05) is 6.92 Å². The maximum absolute atomic E-state index is 12.3. The Labute approximate surface area is 152 Å². The zero-order chi connectivity index (χ0) is 16.9. The fourth-order valence-electron chi connectivity index (χ4n) is 3.25. The predicted octanol–water partition coefficient (Wildman–Crippen LogP) is 3.01. The van der Waals surface area contributed by atoms with E-state index in [0.29, 0.717) is 0 Å². The van der Waals surface area contributed by atoms with Crippen LogP contribution in [0, 0.1) is 6.92 Å². The van der Waals surface area contributed by atoms with E-state index in [4.69, 9.17) is 5.73 Å². The molecule has 1 aromatic rings. The summed E-state index contributed by atoms with van der Waals surface area (Å²) in [6, 6.07) is 8.81. The normalized spacial score (nSPS) is 18.5. The molecular formula is C19H32ClN3O. The highest BCUT2D eigenvalue weighted by Gasteiger charge is 2.30. The van der Waals surface area contributed by atoms with E-state index in [2.05, 4.69) is 48.3 Å². The van der Waals surface area contributed by atoms with Gasteiger partial charge in [-0.1, -0.05) is 37.6 Å². The minimum absolute atomic E-state index is 0. The number of nitrogens with one attached hydrogen (secondary N) is 1. The average molecular weight is 354 g/mol. The third-order valence-electron chi connectivity index (χ3n) is 4.87. The van der Waals surface area contributed by atoms with E-state index >= 15 is 0 Å². The van der Waals surface area contributed by atoms with Crippen molar-refractivity contribution in [2.45, 2.75) is 64.6 Å². The van der Waals surface area contributed by atoms with Crippen LogP contribution < -0.4 is 11.1 Å². The molecule has 5 heteroatoms. The van der Waals surface area contributed by atoms with E-state index in [-0.39, 0.29) is 24.4 Å². The molecule has 0 aliphatic carbocycles. The molecule has 1 fully saturated rings. The van der Waals surface area contributed by atoms with Gasteiger partial charge in [0.05, 0.1) is 5.54 Å². The van der Waals surface area contributed by atoms with Crippen LogP contribution in [0.2, 0.25) is 0 Å². The summed E-state index contributed by atoms with van der Waals surface area (Å²) in [4.78, 5) is 14.8. The maximum Gasteiger partial charge on any atom is 0.240 e. The summed E-state index contributed by atoms with van der Waals surface area (Å²) in [7, 11) is 0. The number of halogens is 1. The number of likely N-dealkylation sites (tertiary alicyclic amines) is 1. The lowest BCUT2D eigenvalue weighted by molar-refractivity contribution is -0.127. The molecule has 0 aromatic heterocycles. The van der Waals surface area contributed by atoms with Gasteiger partial charge in [0.15, 0.2) is 0 Å². The smallest absolute Gasteiger partial charge is 0.240 e. The first-order valence-electron chi connectivity index (χ1n) is 8.79. The molecule has 1 heterocycles. The standard InChI is InChI=1S/C19H31N3O.ClH/c1-4-11-19(3,20)18(23)21-17-9-12-22(13-10-17)14-16-8-6-5-7-15(16)2;/h5-8,17H,4,9-14,20H2,1-3H3,(H,21,23);1H. The molecule has 136 valence electrons. The number of benzene rings is 1. The first-order chi connectivity index (χ1) is 10.9. The molecule has 1 aliphatic rings. The van der Waals surface area contributed by atoms with Gasteiger partial charge in [-0.25, -0.2) is 0 Å². The van der Waals surface area contributed by atoms with Crippen molar-refractivity contribution < 1.29 is 4.79 Å². The molecule has 1 aliphatic heterocycles. The lowest BCUT2D eigenvalue weighted by atomic mass is 9.95. The second-order valence-electron chi connectivity index (χ2n) is 7.12. The zero-order valence-electron chi connectivity index (χ0n) is 15.2. The quantitative estimate of drug-likeness (QED) is 0.826. The number of carbonyl (C=O) groups is 1. The lowest BCUT2D eigenvalue weighted by Crippen LogP contribution is -2.55. The Balaban J connectivity index is 0.00000288. The van der Waals surface area contributed by atoms with Crippen molar-refractivity contribution in [3.8, 4) is 0 Å². The van der Waals surface area contributed by atoms with Gasteiger partial charge in [-0.3, -0.25) is 9.69 Å². The van der Waals surface area contributed by atoms with Crippen LogP contribution >= 0.6 is 12.4 Å². The summed E-state index contributed by atoms with van der Waals surface area (Å²) < 4.78 is 0. The Morgan fingerprint density at radius 3 is 2.54 bits per heavy atom. The van der Waals surface area contributed by atoms with Gasteiger partial charge >= 0.3 is 0 Å². The largest absolute Gasteiger partial charge is 0.352 e. The van der Waals surface area contributed by atoms with Crippen molar-refractivity contribution in [3.05, 3.63) is 35.4 Å². The first-order valence-corrected chi connectivity index (χ1v) is 8.79. The summed E-state index contributed by atoms with van der Waals surface area (Å²) in [5.41, 5.74) is 8.11.